The number of carboxylic acids is 1. The summed E-state index contributed by atoms with van der Waals surface area (Å²) >= 11 is 0. The SMILES string of the molecule is NCCC(C(=O)O)c1ccc2ncoc2c1. The zero-order valence-corrected chi connectivity index (χ0v) is 8.59. The zero-order valence-electron chi connectivity index (χ0n) is 8.59. The lowest BCUT2D eigenvalue weighted by Gasteiger charge is -2.10. The van der Waals surface area contributed by atoms with Gasteiger partial charge in [0.1, 0.15) is 5.52 Å². The van der Waals surface area contributed by atoms with E-state index < -0.39 is 11.9 Å². The second kappa shape index (κ2) is 4.32. The molecule has 0 saturated carbocycles. The number of aromatic nitrogens is 1. The molecule has 16 heavy (non-hydrogen) atoms. The first-order chi connectivity index (χ1) is 7.72. The number of hydrogen-bond acceptors (Lipinski definition) is 4. The molecular formula is C11H12N2O3. The van der Waals surface area contributed by atoms with Gasteiger partial charge in [-0.15, -0.1) is 0 Å². The Morgan fingerprint density at radius 2 is 2.38 bits per heavy atom. The van der Waals surface area contributed by atoms with Crippen molar-refractivity contribution in [1.29, 1.82) is 0 Å². The summed E-state index contributed by atoms with van der Waals surface area (Å²) in [6.45, 7) is 0.339. The molecule has 2 rings (SSSR count). The molecule has 0 saturated heterocycles. The fourth-order valence-corrected chi connectivity index (χ4v) is 1.69. The van der Waals surface area contributed by atoms with Crippen LogP contribution in [0.4, 0.5) is 0 Å². The van der Waals surface area contributed by atoms with Crippen molar-refractivity contribution < 1.29 is 14.3 Å². The lowest BCUT2D eigenvalue weighted by Crippen LogP contribution is -2.15. The second-order valence-corrected chi connectivity index (χ2v) is 3.55. The Hall–Kier alpha value is -1.88. The Morgan fingerprint density at radius 3 is 3.06 bits per heavy atom. The van der Waals surface area contributed by atoms with E-state index in [4.69, 9.17) is 15.3 Å². The quantitative estimate of drug-likeness (QED) is 0.811. The van der Waals surface area contributed by atoms with E-state index in [9.17, 15) is 4.79 Å². The van der Waals surface area contributed by atoms with E-state index in [0.29, 0.717) is 24.1 Å². The van der Waals surface area contributed by atoms with Crippen LogP contribution in [0.1, 0.15) is 17.9 Å². The Bertz CT molecular complexity index is 507. The van der Waals surface area contributed by atoms with E-state index >= 15 is 0 Å². The van der Waals surface area contributed by atoms with Crippen LogP contribution in [0.5, 0.6) is 0 Å². The molecule has 0 bridgehead atoms. The van der Waals surface area contributed by atoms with Gasteiger partial charge in [-0.2, -0.15) is 0 Å². The van der Waals surface area contributed by atoms with Gasteiger partial charge in [-0.3, -0.25) is 4.79 Å². The smallest absolute Gasteiger partial charge is 0.311 e. The number of fused-ring (bicyclic) bond motifs is 1. The molecule has 1 heterocycles. The molecule has 1 atom stereocenters. The van der Waals surface area contributed by atoms with E-state index in [0.717, 1.165) is 5.52 Å². The number of oxazole rings is 1. The maximum atomic E-state index is 11.1. The highest BCUT2D eigenvalue weighted by atomic mass is 16.4. The molecule has 0 amide bonds. The summed E-state index contributed by atoms with van der Waals surface area (Å²) in [5, 5.41) is 9.08. The highest BCUT2D eigenvalue weighted by Crippen LogP contribution is 2.23. The molecular weight excluding hydrogens is 208 g/mol. The van der Waals surface area contributed by atoms with Crippen LogP contribution in [0.2, 0.25) is 0 Å². The van der Waals surface area contributed by atoms with Crippen LogP contribution in [0.3, 0.4) is 0 Å². The second-order valence-electron chi connectivity index (χ2n) is 3.55. The van der Waals surface area contributed by atoms with Crippen molar-refractivity contribution in [2.45, 2.75) is 12.3 Å². The van der Waals surface area contributed by atoms with Gasteiger partial charge < -0.3 is 15.3 Å². The van der Waals surface area contributed by atoms with Crippen molar-refractivity contribution in [2.75, 3.05) is 6.54 Å². The molecule has 0 spiro atoms. The third-order valence-electron chi connectivity index (χ3n) is 2.51. The molecule has 3 N–H and O–H groups in total. The first-order valence-electron chi connectivity index (χ1n) is 4.98. The molecule has 0 radical (unpaired) electrons. The van der Waals surface area contributed by atoms with Crippen molar-refractivity contribution in [3.8, 4) is 0 Å². The summed E-state index contributed by atoms with van der Waals surface area (Å²) in [4.78, 5) is 15.0. The van der Waals surface area contributed by atoms with Gasteiger partial charge in [0.25, 0.3) is 0 Å². The van der Waals surface area contributed by atoms with Crippen LogP contribution in [-0.4, -0.2) is 22.6 Å². The summed E-state index contributed by atoms with van der Waals surface area (Å²) in [7, 11) is 0. The number of aliphatic carboxylic acids is 1. The Balaban J connectivity index is 2.39. The fraction of sp³-hybridized carbons (Fsp3) is 0.273. The predicted octanol–water partition coefficient (Wildman–Crippen LogP) is 1.34. The Labute approximate surface area is 91.9 Å². The van der Waals surface area contributed by atoms with Gasteiger partial charge >= 0.3 is 5.97 Å². The summed E-state index contributed by atoms with van der Waals surface area (Å²) in [6, 6.07) is 5.21. The molecule has 0 aliphatic carbocycles. The van der Waals surface area contributed by atoms with Crippen molar-refractivity contribution in [1.82, 2.24) is 4.98 Å². The van der Waals surface area contributed by atoms with Gasteiger partial charge in [0, 0.05) is 0 Å². The third-order valence-corrected chi connectivity index (χ3v) is 2.51. The van der Waals surface area contributed by atoms with E-state index in [2.05, 4.69) is 4.98 Å². The predicted molar refractivity (Wildman–Crippen MR) is 58.1 cm³/mol. The van der Waals surface area contributed by atoms with E-state index in [1.807, 2.05) is 0 Å². The number of carboxylic acid groups (broad SMARTS) is 1. The molecule has 0 fully saturated rings. The van der Waals surface area contributed by atoms with Gasteiger partial charge in [0.2, 0.25) is 0 Å². The molecule has 0 aliphatic rings. The number of nitrogens with zero attached hydrogens (tertiary/aromatic N) is 1. The van der Waals surface area contributed by atoms with Crippen molar-refractivity contribution in [3.05, 3.63) is 30.2 Å². The highest BCUT2D eigenvalue weighted by Gasteiger charge is 2.19. The van der Waals surface area contributed by atoms with E-state index in [1.165, 1.54) is 6.39 Å². The largest absolute Gasteiger partial charge is 0.481 e. The molecule has 1 aromatic carbocycles. The fourth-order valence-electron chi connectivity index (χ4n) is 1.69. The normalized spacial score (nSPS) is 12.8. The van der Waals surface area contributed by atoms with Crippen molar-refractivity contribution in [3.63, 3.8) is 0 Å². The maximum absolute atomic E-state index is 11.1. The molecule has 1 aromatic heterocycles. The first-order valence-corrected chi connectivity index (χ1v) is 4.98. The maximum Gasteiger partial charge on any atom is 0.311 e. The van der Waals surface area contributed by atoms with Crippen LogP contribution in [-0.2, 0) is 4.79 Å². The number of benzene rings is 1. The average Bonchev–Trinajstić information content (AvgIpc) is 2.72. The van der Waals surface area contributed by atoms with Gasteiger partial charge in [-0.05, 0) is 30.7 Å². The van der Waals surface area contributed by atoms with Gasteiger partial charge in [0.05, 0.1) is 5.92 Å². The van der Waals surface area contributed by atoms with Gasteiger partial charge in [-0.25, -0.2) is 4.98 Å². The van der Waals surface area contributed by atoms with E-state index in [-0.39, 0.29) is 0 Å². The van der Waals surface area contributed by atoms with Crippen molar-refractivity contribution >= 4 is 17.1 Å². The third kappa shape index (κ3) is 1.90. The lowest BCUT2D eigenvalue weighted by molar-refractivity contribution is -0.138. The summed E-state index contributed by atoms with van der Waals surface area (Å²) in [6.07, 6.45) is 1.75. The molecule has 5 nitrogen and oxygen atoms in total. The first kappa shape index (κ1) is 10.6. The summed E-state index contributed by atoms with van der Waals surface area (Å²) in [5.41, 5.74) is 7.42. The summed E-state index contributed by atoms with van der Waals surface area (Å²) < 4.78 is 5.13. The lowest BCUT2D eigenvalue weighted by atomic mass is 9.96. The molecule has 1 unspecified atom stereocenters. The monoisotopic (exact) mass is 220 g/mol. The molecule has 0 aliphatic heterocycles. The van der Waals surface area contributed by atoms with Crippen LogP contribution >= 0.6 is 0 Å². The van der Waals surface area contributed by atoms with Gasteiger partial charge in [0.15, 0.2) is 12.0 Å². The Morgan fingerprint density at radius 1 is 1.56 bits per heavy atom. The van der Waals surface area contributed by atoms with E-state index in [1.54, 1.807) is 18.2 Å². The highest BCUT2D eigenvalue weighted by molar-refractivity contribution is 5.79. The molecule has 5 heteroatoms. The van der Waals surface area contributed by atoms with Crippen LogP contribution in [0, 0.1) is 0 Å². The standard InChI is InChI=1S/C11H12N2O3/c12-4-3-8(11(14)15)7-1-2-9-10(5-7)16-6-13-9/h1-2,5-6,8H,3-4,12H2,(H,14,15). The number of rotatable bonds is 4. The van der Waals surface area contributed by atoms with Crippen LogP contribution in [0.15, 0.2) is 29.0 Å². The van der Waals surface area contributed by atoms with Crippen LogP contribution < -0.4 is 5.73 Å². The number of carbonyl (C=O) groups is 1. The topological polar surface area (TPSA) is 89.4 Å². The Kier molecular flexibility index (Phi) is 2.87. The number of nitrogens with two attached hydrogens (primary N) is 1. The molecule has 2 aromatic rings. The minimum Gasteiger partial charge on any atom is -0.481 e. The minimum atomic E-state index is -0.871. The molecule has 84 valence electrons. The summed E-state index contributed by atoms with van der Waals surface area (Å²) in [5.74, 6) is -1.45. The van der Waals surface area contributed by atoms with Gasteiger partial charge in [-0.1, -0.05) is 6.07 Å². The zero-order chi connectivity index (χ0) is 11.5. The minimum absolute atomic E-state index is 0.339. The number of hydrogen-bond donors (Lipinski definition) is 2. The average molecular weight is 220 g/mol. The van der Waals surface area contributed by atoms with Crippen molar-refractivity contribution in [2.24, 2.45) is 5.73 Å². The van der Waals surface area contributed by atoms with Crippen LogP contribution in [0.25, 0.3) is 11.1 Å².